The van der Waals surface area contributed by atoms with Crippen LogP contribution < -0.4 is 15.0 Å². The molecule has 3 heterocycles. The van der Waals surface area contributed by atoms with E-state index >= 15 is 0 Å². The van der Waals surface area contributed by atoms with Crippen LogP contribution in [0.5, 0.6) is 5.75 Å². The van der Waals surface area contributed by atoms with Gasteiger partial charge in [-0.25, -0.2) is 9.97 Å². The number of carbonyl (C=O) groups is 1. The number of amides is 1. The number of thiazole rings is 1. The van der Waals surface area contributed by atoms with Crippen LogP contribution in [0, 0.1) is 6.92 Å². The minimum Gasteiger partial charge on any atom is -0.494 e. The second kappa shape index (κ2) is 11.0. The minimum atomic E-state index is -0.0665. The average molecular weight is 538 g/mol. The number of ether oxygens (including phenoxy) is 1. The molecule has 1 aliphatic heterocycles. The van der Waals surface area contributed by atoms with Gasteiger partial charge in [0.25, 0.3) is 5.91 Å². The molecule has 0 bridgehead atoms. The van der Waals surface area contributed by atoms with Crippen LogP contribution in [-0.2, 0) is 0 Å². The van der Waals surface area contributed by atoms with Gasteiger partial charge in [0.05, 0.1) is 28.6 Å². The Morgan fingerprint density at radius 2 is 1.74 bits per heavy atom. The van der Waals surface area contributed by atoms with Crippen molar-refractivity contribution in [2.45, 2.75) is 6.92 Å². The van der Waals surface area contributed by atoms with E-state index in [0.717, 1.165) is 71.3 Å². The van der Waals surface area contributed by atoms with Crippen LogP contribution in [0.2, 0.25) is 0 Å². The first-order chi connectivity index (χ1) is 19.1. The lowest BCUT2D eigenvalue weighted by Crippen LogP contribution is -2.48. The molecule has 0 unspecified atom stereocenters. The molecule has 3 aromatic carbocycles. The molecule has 1 aliphatic rings. The van der Waals surface area contributed by atoms with Gasteiger partial charge in [0.2, 0.25) is 0 Å². The highest BCUT2D eigenvalue weighted by Crippen LogP contribution is 2.36. The fourth-order valence-corrected chi connectivity index (χ4v) is 6.21. The molecule has 6 rings (SSSR count). The van der Waals surface area contributed by atoms with Crippen LogP contribution in [0.3, 0.4) is 0 Å². The van der Waals surface area contributed by atoms with Gasteiger partial charge in [-0.2, -0.15) is 0 Å². The lowest BCUT2D eigenvalue weighted by molar-refractivity contribution is 0.0949. The number of aryl methyl sites for hydroxylation is 1. The Morgan fingerprint density at radius 1 is 0.974 bits per heavy atom. The standard InChI is InChI=1S/C31H31N5O2S/c1-21-12-13-27(38-2)28-29(21)39-31(34-28)36-18-16-35(17-19-36)15-14-32-30(37)24-20-26(22-8-4-3-5-9-22)33-25-11-7-6-10-23(24)25/h3-13,20H,14-19H2,1-2H3,(H,32,37). The van der Waals surface area contributed by atoms with Crippen LogP contribution in [0.15, 0.2) is 72.8 Å². The summed E-state index contributed by atoms with van der Waals surface area (Å²) in [6.07, 6.45) is 0. The number of anilines is 1. The molecule has 1 saturated heterocycles. The number of carbonyl (C=O) groups excluding carboxylic acids is 1. The first kappa shape index (κ1) is 25.3. The highest BCUT2D eigenvalue weighted by Gasteiger charge is 2.22. The predicted molar refractivity (Wildman–Crippen MR) is 159 cm³/mol. The van der Waals surface area contributed by atoms with E-state index in [9.17, 15) is 4.79 Å². The summed E-state index contributed by atoms with van der Waals surface area (Å²) in [5.41, 5.74) is 5.45. The van der Waals surface area contributed by atoms with Gasteiger partial charge in [0.1, 0.15) is 11.3 Å². The second-order valence-electron chi connectivity index (χ2n) is 9.78. The third kappa shape index (κ3) is 5.17. The number of aromatic nitrogens is 2. The topological polar surface area (TPSA) is 70.6 Å². The van der Waals surface area contributed by atoms with Crippen molar-refractivity contribution in [3.63, 3.8) is 0 Å². The van der Waals surface area contributed by atoms with Gasteiger partial charge >= 0.3 is 0 Å². The number of pyridine rings is 1. The van der Waals surface area contributed by atoms with Crippen molar-refractivity contribution in [3.8, 4) is 17.0 Å². The predicted octanol–water partition coefficient (Wildman–Crippen LogP) is 5.38. The number of piperazine rings is 1. The highest BCUT2D eigenvalue weighted by atomic mass is 32.1. The fraction of sp³-hybridized carbons (Fsp3) is 0.258. The zero-order valence-corrected chi connectivity index (χ0v) is 23.0. The normalized spacial score (nSPS) is 14.2. The van der Waals surface area contributed by atoms with E-state index in [4.69, 9.17) is 14.7 Å². The van der Waals surface area contributed by atoms with Gasteiger partial charge in [-0.1, -0.05) is 65.9 Å². The molecule has 0 radical (unpaired) electrons. The van der Waals surface area contributed by atoms with E-state index in [1.54, 1.807) is 18.4 Å². The Morgan fingerprint density at radius 3 is 2.54 bits per heavy atom. The van der Waals surface area contributed by atoms with E-state index < -0.39 is 0 Å². The molecule has 0 atom stereocenters. The Labute approximate surface area is 232 Å². The van der Waals surface area contributed by atoms with Gasteiger partial charge in [-0.15, -0.1) is 0 Å². The first-order valence-electron chi connectivity index (χ1n) is 13.3. The van der Waals surface area contributed by atoms with Gasteiger partial charge in [0.15, 0.2) is 5.13 Å². The van der Waals surface area contributed by atoms with Crippen LogP contribution in [-0.4, -0.2) is 67.2 Å². The lowest BCUT2D eigenvalue weighted by Gasteiger charge is -2.34. The summed E-state index contributed by atoms with van der Waals surface area (Å²) in [5, 5.41) is 5.06. The van der Waals surface area contributed by atoms with Crippen LogP contribution in [0.1, 0.15) is 15.9 Å². The lowest BCUT2D eigenvalue weighted by atomic mass is 10.0. The van der Waals surface area contributed by atoms with Crippen molar-refractivity contribution in [2.24, 2.45) is 0 Å². The molecular weight excluding hydrogens is 506 g/mol. The number of hydrogen-bond donors (Lipinski definition) is 1. The number of methoxy groups -OCH3 is 1. The monoisotopic (exact) mass is 537 g/mol. The van der Waals surface area contributed by atoms with Crippen molar-refractivity contribution >= 4 is 43.5 Å². The molecule has 39 heavy (non-hydrogen) atoms. The molecule has 198 valence electrons. The third-order valence-electron chi connectivity index (χ3n) is 7.30. The molecule has 7 nitrogen and oxygen atoms in total. The van der Waals surface area contributed by atoms with Crippen molar-refractivity contribution in [3.05, 3.63) is 83.9 Å². The SMILES string of the molecule is COc1ccc(C)c2sc(N3CCN(CCNC(=O)c4cc(-c5ccccc5)nc5ccccc45)CC3)nc12. The van der Waals surface area contributed by atoms with Gasteiger partial charge in [-0.3, -0.25) is 9.69 Å². The molecule has 0 spiro atoms. The van der Waals surface area contributed by atoms with E-state index in [0.29, 0.717) is 12.1 Å². The highest BCUT2D eigenvalue weighted by molar-refractivity contribution is 7.22. The Balaban J connectivity index is 1.08. The molecule has 8 heteroatoms. The minimum absolute atomic E-state index is 0.0665. The molecule has 2 aromatic heterocycles. The summed E-state index contributed by atoms with van der Waals surface area (Å²) < 4.78 is 6.72. The zero-order chi connectivity index (χ0) is 26.8. The van der Waals surface area contributed by atoms with Gasteiger partial charge in [0, 0.05) is 50.2 Å². The summed E-state index contributed by atoms with van der Waals surface area (Å²) >= 11 is 1.74. The molecule has 1 N–H and O–H groups in total. The van der Waals surface area contributed by atoms with Gasteiger partial charge in [-0.05, 0) is 30.7 Å². The maximum Gasteiger partial charge on any atom is 0.252 e. The van der Waals surface area contributed by atoms with Crippen LogP contribution >= 0.6 is 11.3 Å². The van der Waals surface area contributed by atoms with E-state index in [-0.39, 0.29) is 5.91 Å². The number of rotatable bonds is 7. The molecule has 1 amide bonds. The van der Waals surface area contributed by atoms with E-state index in [2.05, 4.69) is 28.1 Å². The molecule has 1 fully saturated rings. The second-order valence-corrected chi connectivity index (χ2v) is 10.8. The Bertz CT molecular complexity index is 1630. The van der Waals surface area contributed by atoms with Crippen molar-refractivity contribution in [2.75, 3.05) is 51.3 Å². The van der Waals surface area contributed by atoms with Crippen LogP contribution in [0.4, 0.5) is 5.13 Å². The number of benzene rings is 3. The molecule has 0 aliphatic carbocycles. The number of fused-ring (bicyclic) bond motifs is 2. The molecule has 0 saturated carbocycles. The van der Waals surface area contributed by atoms with E-state index in [1.807, 2.05) is 66.7 Å². The zero-order valence-electron chi connectivity index (χ0n) is 22.2. The molecular formula is C31H31N5O2S. The number of hydrogen-bond acceptors (Lipinski definition) is 7. The summed E-state index contributed by atoms with van der Waals surface area (Å²) in [7, 11) is 1.69. The maximum atomic E-state index is 13.3. The van der Waals surface area contributed by atoms with Crippen molar-refractivity contribution < 1.29 is 9.53 Å². The maximum absolute atomic E-state index is 13.3. The number of nitrogens with zero attached hydrogens (tertiary/aromatic N) is 4. The number of para-hydroxylation sites is 1. The van der Waals surface area contributed by atoms with Crippen molar-refractivity contribution in [1.82, 2.24) is 20.2 Å². The Hall–Kier alpha value is -4.01. The summed E-state index contributed by atoms with van der Waals surface area (Å²) in [6, 6.07) is 23.8. The smallest absolute Gasteiger partial charge is 0.252 e. The quantitative estimate of drug-likeness (QED) is 0.301. The summed E-state index contributed by atoms with van der Waals surface area (Å²) in [5.74, 6) is 0.758. The van der Waals surface area contributed by atoms with Crippen molar-refractivity contribution in [1.29, 1.82) is 0 Å². The van der Waals surface area contributed by atoms with Crippen LogP contribution in [0.25, 0.3) is 32.4 Å². The van der Waals surface area contributed by atoms with E-state index in [1.165, 1.54) is 10.3 Å². The summed E-state index contributed by atoms with van der Waals surface area (Å²) in [6.45, 7) is 7.19. The first-order valence-corrected chi connectivity index (χ1v) is 14.1. The molecule has 5 aromatic rings. The van der Waals surface area contributed by atoms with Gasteiger partial charge < -0.3 is 15.0 Å². The largest absolute Gasteiger partial charge is 0.494 e. The average Bonchev–Trinajstić information content (AvgIpc) is 3.44. The third-order valence-corrected chi connectivity index (χ3v) is 8.55. The summed E-state index contributed by atoms with van der Waals surface area (Å²) in [4.78, 5) is 27.8. The Kier molecular flexibility index (Phi) is 7.13. The fourth-order valence-electron chi connectivity index (χ4n) is 5.10. The number of nitrogens with one attached hydrogen (secondary N) is 1.